The van der Waals surface area contributed by atoms with Gasteiger partial charge in [0.15, 0.2) is 17.2 Å². The predicted molar refractivity (Wildman–Crippen MR) is 127 cm³/mol. The van der Waals surface area contributed by atoms with Crippen LogP contribution in [0.4, 0.5) is 10.1 Å². The van der Waals surface area contributed by atoms with Crippen molar-refractivity contribution >= 4 is 40.0 Å². The van der Waals surface area contributed by atoms with Gasteiger partial charge < -0.3 is 15.3 Å². The van der Waals surface area contributed by atoms with Crippen LogP contribution >= 0.6 is 12.4 Å². The van der Waals surface area contributed by atoms with Crippen LogP contribution in [-0.4, -0.2) is 50.0 Å². The molecule has 2 atom stereocenters. The second-order valence-corrected chi connectivity index (χ2v) is 8.43. The van der Waals surface area contributed by atoms with Gasteiger partial charge in [-0.2, -0.15) is 10.4 Å². The number of phenols is 1. The Hall–Kier alpha value is -3.48. The Morgan fingerprint density at radius 3 is 2.64 bits per heavy atom. The summed E-state index contributed by atoms with van der Waals surface area (Å²) in [4.78, 5) is 11.3. The van der Waals surface area contributed by atoms with Crippen LogP contribution in [0.3, 0.4) is 0 Å². The predicted octanol–water partition coefficient (Wildman–Crippen LogP) is 3.51. The SMILES string of the molecule is C[C@@H]1CN(c2cnc3nc(-c4cc5cn(C)nc5c(F)c4O)cc(C#N)c3c2)C[C@H](C)N1.Cl. The Balaban J connectivity index is 0.00000259. The van der Waals surface area contributed by atoms with Gasteiger partial charge in [-0.05, 0) is 32.0 Å². The van der Waals surface area contributed by atoms with Crippen molar-refractivity contribution in [3.05, 3.63) is 42.0 Å². The molecule has 0 spiro atoms. The van der Waals surface area contributed by atoms with Crippen molar-refractivity contribution in [2.45, 2.75) is 25.9 Å². The molecule has 0 saturated carbocycles. The first kappa shape index (κ1) is 22.7. The summed E-state index contributed by atoms with van der Waals surface area (Å²) < 4.78 is 16.2. The first-order valence-corrected chi connectivity index (χ1v) is 10.4. The van der Waals surface area contributed by atoms with E-state index in [4.69, 9.17) is 0 Å². The molecule has 1 aliphatic rings. The number of hydrogen-bond acceptors (Lipinski definition) is 7. The third kappa shape index (κ3) is 3.92. The molecule has 1 aliphatic heterocycles. The fourth-order valence-electron chi connectivity index (χ4n) is 4.47. The second-order valence-electron chi connectivity index (χ2n) is 8.43. The van der Waals surface area contributed by atoms with Gasteiger partial charge in [0.05, 0.1) is 29.2 Å². The molecule has 1 fully saturated rings. The highest BCUT2D eigenvalue weighted by Gasteiger charge is 2.23. The number of benzene rings is 1. The van der Waals surface area contributed by atoms with Crippen molar-refractivity contribution in [3.8, 4) is 23.1 Å². The molecule has 10 heteroatoms. The quantitative estimate of drug-likeness (QED) is 0.465. The number of anilines is 1. The number of nitrogens with one attached hydrogen (secondary N) is 1. The van der Waals surface area contributed by atoms with E-state index in [9.17, 15) is 14.8 Å². The number of aryl methyl sites for hydroxylation is 1. The molecule has 1 aromatic carbocycles. The summed E-state index contributed by atoms with van der Waals surface area (Å²) in [6.07, 6.45) is 3.41. The van der Waals surface area contributed by atoms with Crippen molar-refractivity contribution in [3.63, 3.8) is 0 Å². The fraction of sp³-hybridized carbons (Fsp3) is 0.304. The van der Waals surface area contributed by atoms with Crippen LogP contribution in [0, 0.1) is 17.1 Å². The molecule has 5 rings (SSSR count). The number of fused-ring (bicyclic) bond motifs is 2. The minimum Gasteiger partial charge on any atom is -0.504 e. The number of piperazine rings is 1. The minimum absolute atomic E-state index is 0. The number of phenolic OH excluding ortho intramolecular Hbond substituents is 1. The lowest BCUT2D eigenvalue weighted by Crippen LogP contribution is -2.54. The van der Waals surface area contributed by atoms with Crippen molar-refractivity contribution in [2.75, 3.05) is 18.0 Å². The highest BCUT2D eigenvalue weighted by atomic mass is 35.5. The van der Waals surface area contributed by atoms with E-state index >= 15 is 0 Å². The van der Waals surface area contributed by atoms with Crippen molar-refractivity contribution in [1.82, 2.24) is 25.1 Å². The van der Waals surface area contributed by atoms with Crippen LogP contribution in [-0.2, 0) is 7.05 Å². The molecule has 33 heavy (non-hydrogen) atoms. The molecule has 1 saturated heterocycles. The number of nitriles is 1. The van der Waals surface area contributed by atoms with Crippen molar-refractivity contribution in [2.24, 2.45) is 7.05 Å². The highest BCUT2D eigenvalue weighted by Crippen LogP contribution is 2.37. The van der Waals surface area contributed by atoms with Crippen LogP contribution in [0.25, 0.3) is 33.2 Å². The number of pyridine rings is 2. The molecule has 4 aromatic rings. The molecule has 0 bridgehead atoms. The molecule has 3 aromatic heterocycles. The Morgan fingerprint density at radius 1 is 1.21 bits per heavy atom. The third-order valence-electron chi connectivity index (χ3n) is 5.80. The number of halogens is 2. The van der Waals surface area contributed by atoms with E-state index in [1.54, 1.807) is 31.6 Å². The molecule has 8 nitrogen and oxygen atoms in total. The summed E-state index contributed by atoms with van der Waals surface area (Å²) in [5, 5.41) is 29.0. The standard InChI is InChI=1S/C23H22FN7O.ClH/c1-12-9-31(10-13(2)27-12)16-6-17-14(7-25)5-19(28-23(17)26-8-16)18-4-15-11-30(3)29-21(15)20(24)22(18)32;/h4-6,8,11-13,27,32H,9-10H2,1-3H3;1H/t12-,13+;. The average molecular weight is 468 g/mol. The largest absolute Gasteiger partial charge is 0.504 e. The molecule has 0 aliphatic carbocycles. The van der Waals surface area contributed by atoms with Gasteiger partial charge >= 0.3 is 0 Å². The summed E-state index contributed by atoms with van der Waals surface area (Å²) in [6.45, 7) is 5.94. The van der Waals surface area contributed by atoms with E-state index in [0.717, 1.165) is 18.8 Å². The van der Waals surface area contributed by atoms with E-state index in [1.165, 1.54) is 4.68 Å². The summed E-state index contributed by atoms with van der Waals surface area (Å²) in [7, 11) is 1.68. The first-order valence-electron chi connectivity index (χ1n) is 10.4. The Kier molecular flexibility index (Phi) is 5.82. The number of nitrogens with zero attached hydrogens (tertiary/aromatic N) is 6. The van der Waals surface area contributed by atoms with Gasteiger partial charge in [0.25, 0.3) is 0 Å². The lowest BCUT2D eigenvalue weighted by Gasteiger charge is -2.37. The van der Waals surface area contributed by atoms with E-state index in [2.05, 4.69) is 45.2 Å². The van der Waals surface area contributed by atoms with Gasteiger partial charge in [-0.25, -0.2) is 14.4 Å². The monoisotopic (exact) mass is 467 g/mol. The number of rotatable bonds is 2. The lowest BCUT2D eigenvalue weighted by molar-refractivity contribution is 0.407. The van der Waals surface area contributed by atoms with E-state index < -0.39 is 11.6 Å². The first-order chi connectivity index (χ1) is 15.3. The zero-order valence-electron chi connectivity index (χ0n) is 18.4. The van der Waals surface area contributed by atoms with Crippen LogP contribution in [0.15, 0.2) is 30.6 Å². The van der Waals surface area contributed by atoms with E-state index in [0.29, 0.717) is 34.1 Å². The Bertz CT molecular complexity index is 1400. The minimum atomic E-state index is -0.816. The van der Waals surface area contributed by atoms with Gasteiger partial charge in [-0.1, -0.05) is 0 Å². The van der Waals surface area contributed by atoms with Gasteiger partial charge in [-0.3, -0.25) is 4.68 Å². The van der Waals surface area contributed by atoms with Crippen LogP contribution in [0.5, 0.6) is 5.75 Å². The average Bonchev–Trinajstić information content (AvgIpc) is 3.15. The zero-order chi connectivity index (χ0) is 22.6. The molecule has 4 heterocycles. The zero-order valence-corrected chi connectivity index (χ0v) is 19.2. The summed E-state index contributed by atoms with van der Waals surface area (Å²) >= 11 is 0. The summed E-state index contributed by atoms with van der Waals surface area (Å²) in [6, 6.07) is 7.98. The Labute approximate surface area is 196 Å². The van der Waals surface area contributed by atoms with Crippen molar-refractivity contribution < 1.29 is 9.50 Å². The lowest BCUT2D eigenvalue weighted by atomic mass is 10.0. The third-order valence-corrected chi connectivity index (χ3v) is 5.80. The molecular weight excluding hydrogens is 445 g/mol. The van der Waals surface area contributed by atoms with Gasteiger partial charge in [0.2, 0.25) is 0 Å². The number of hydrogen-bond donors (Lipinski definition) is 2. The Morgan fingerprint density at radius 2 is 1.94 bits per heavy atom. The van der Waals surface area contributed by atoms with Gasteiger partial charge in [0, 0.05) is 54.8 Å². The van der Waals surface area contributed by atoms with Gasteiger partial charge in [0.1, 0.15) is 5.52 Å². The topological polar surface area (TPSA) is 103 Å². The van der Waals surface area contributed by atoms with Crippen LogP contribution in [0.1, 0.15) is 19.4 Å². The fourth-order valence-corrected chi connectivity index (χ4v) is 4.47. The molecule has 0 radical (unpaired) electrons. The maximum absolute atomic E-state index is 14.7. The summed E-state index contributed by atoms with van der Waals surface area (Å²) in [5.41, 5.74) is 2.21. The van der Waals surface area contributed by atoms with E-state index in [1.807, 2.05) is 6.07 Å². The molecule has 0 unspecified atom stereocenters. The van der Waals surface area contributed by atoms with Crippen LogP contribution < -0.4 is 10.2 Å². The molecule has 2 N–H and O–H groups in total. The van der Waals surface area contributed by atoms with Crippen molar-refractivity contribution in [1.29, 1.82) is 5.26 Å². The highest BCUT2D eigenvalue weighted by molar-refractivity contribution is 5.91. The second kappa shape index (κ2) is 8.46. The number of aromatic hydroxyl groups is 1. The number of aromatic nitrogens is 4. The molecule has 0 amide bonds. The normalized spacial score (nSPS) is 18.3. The van der Waals surface area contributed by atoms with E-state index in [-0.39, 0.29) is 29.2 Å². The maximum atomic E-state index is 14.7. The maximum Gasteiger partial charge on any atom is 0.193 e. The smallest absolute Gasteiger partial charge is 0.193 e. The summed E-state index contributed by atoms with van der Waals surface area (Å²) in [5.74, 6) is -1.36. The molecular formula is C23H23ClFN7O. The van der Waals surface area contributed by atoms with Gasteiger partial charge in [-0.15, -0.1) is 12.4 Å². The van der Waals surface area contributed by atoms with Crippen LogP contribution in [0.2, 0.25) is 0 Å². The molecule has 170 valence electrons.